The normalized spacial score (nSPS) is 12.1. The first-order chi connectivity index (χ1) is 9.74. The lowest BCUT2D eigenvalue weighted by atomic mass is 10.2. The Kier molecular flexibility index (Phi) is 4.90. The number of H-pyrrole nitrogens is 1. The fourth-order valence-corrected chi connectivity index (χ4v) is 2.01. The van der Waals surface area contributed by atoms with E-state index in [1.165, 1.54) is 7.11 Å². The number of aromatic nitrogens is 2. The maximum Gasteiger partial charge on any atom is 0.246 e. The zero-order chi connectivity index (χ0) is 14.4. The summed E-state index contributed by atoms with van der Waals surface area (Å²) in [5.41, 5.74) is 2.02. The fraction of sp³-hybridized carbons (Fsp3) is 0.333. The van der Waals surface area contributed by atoms with Crippen molar-refractivity contribution in [2.75, 3.05) is 13.7 Å². The number of carbonyl (C=O) groups excluding carboxylic acids is 1. The summed E-state index contributed by atoms with van der Waals surface area (Å²) in [6, 6.07) is 9.83. The van der Waals surface area contributed by atoms with Crippen LogP contribution in [0.15, 0.2) is 36.5 Å². The lowest BCUT2D eigenvalue weighted by Gasteiger charge is -2.14. The van der Waals surface area contributed by atoms with Crippen LogP contribution >= 0.6 is 0 Å². The van der Waals surface area contributed by atoms with E-state index in [4.69, 9.17) is 4.74 Å². The second-order valence-electron chi connectivity index (χ2n) is 4.51. The Morgan fingerprint density at radius 1 is 1.40 bits per heavy atom. The molecule has 0 unspecified atom stereocenters. The highest BCUT2D eigenvalue weighted by molar-refractivity contribution is 5.77. The molecule has 5 heteroatoms. The zero-order valence-corrected chi connectivity index (χ0v) is 11.7. The molecule has 106 valence electrons. The molecule has 2 N–H and O–H groups in total. The fourth-order valence-electron chi connectivity index (χ4n) is 2.01. The largest absolute Gasteiger partial charge is 0.375 e. The van der Waals surface area contributed by atoms with Gasteiger partial charge in [0.15, 0.2) is 0 Å². The molecule has 0 bridgehead atoms. The molecule has 1 atom stereocenters. The van der Waals surface area contributed by atoms with Crippen LogP contribution in [-0.2, 0) is 9.53 Å². The van der Waals surface area contributed by atoms with Crippen LogP contribution in [0.4, 0.5) is 0 Å². The van der Waals surface area contributed by atoms with Crippen molar-refractivity contribution in [3.63, 3.8) is 0 Å². The van der Waals surface area contributed by atoms with E-state index >= 15 is 0 Å². The van der Waals surface area contributed by atoms with Gasteiger partial charge in [0.05, 0.1) is 17.9 Å². The number of hydrogen-bond acceptors (Lipinski definition) is 3. The van der Waals surface area contributed by atoms with Crippen molar-refractivity contribution in [3.8, 4) is 11.3 Å². The van der Waals surface area contributed by atoms with Gasteiger partial charge in [-0.15, -0.1) is 0 Å². The molecule has 0 spiro atoms. The van der Waals surface area contributed by atoms with Gasteiger partial charge in [-0.05, 0) is 12.0 Å². The van der Waals surface area contributed by atoms with E-state index in [-0.39, 0.29) is 18.6 Å². The second-order valence-corrected chi connectivity index (χ2v) is 4.51. The number of rotatable bonds is 6. The van der Waals surface area contributed by atoms with Crippen LogP contribution in [0.3, 0.4) is 0 Å². The minimum atomic E-state index is -0.142. The second kappa shape index (κ2) is 6.86. The van der Waals surface area contributed by atoms with Crippen LogP contribution in [0.2, 0.25) is 0 Å². The van der Waals surface area contributed by atoms with Crippen LogP contribution in [-0.4, -0.2) is 29.6 Å². The number of carbonyl (C=O) groups is 1. The van der Waals surface area contributed by atoms with Gasteiger partial charge in [0, 0.05) is 7.11 Å². The highest BCUT2D eigenvalue weighted by Gasteiger charge is 2.16. The van der Waals surface area contributed by atoms with Crippen molar-refractivity contribution in [2.24, 2.45) is 0 Å². The molecular formula is C15H19N3O2. The average Bonchev–Trinajstić information content (AvgIpc) is 2.95. The number of ether oxygens (including phenoxy) is 1. The van der Waals surface area contributed by atoms with Crippen LogP contribution in [0.25, 0.3) is 11.3 Å². The Morgan fingerprint density at radius 3 is 2.80 bits per heavy atom. The van der Waals surface area contributed by atoms with Gasteiger partial charge in [0.1, 0.15) is 12.4 Å². The number of benzene rings is 1. The molecule has 20 heavy (non-hydrogen) atoms. The molecule has 1 amide bonds. The van der Waals surface area contributed by atoms with Gasteiger partial charge >= 0.3 is 0 Å². The van der Waals surface area contributed by atoms with Gasteiger partial charge in [-0.1, -0.05) is 37.3 Å². The molecule has 1 heterocycles. The molecule has 5 nitrogen and oxygen atoms in total. The Labute approximate surface area is 118 Å². The number of nitrogens with one attached hydrogen (secondary N) is 2. The Morgan fingerprint density at radius 2 is 2.15 bits per heavy atom. The van der Waals surface area contributed by atoms with E-state index in [9.17, 15) is 4.79 Å². The lowest BCUT2D eigenvalue weighted by Crippen LogP contribution is -2.31. The summed E-state index contributed by atoms with van der Waals surface area (Å²) in [6.45, 7) is 2.06. The SMILES string of the molecule is CC[C@@H](NC(=O)COC)c1ncc(-c2ccccc2)[nH]1. The molecule has 0 saturated carbocycles. The Balaban J connectivity index is 2.12. The number of amides is 1. The minimum absolute atomic E-state index is 0.0583. The molecule has 2 aromatic rings. The summed E-state index contributed by atoms with van der Waals surface area (Å²) in [4.78, 5) is 19.2. The van der Waals surface area contributed by atoms with Crippen LogP contribution < -0.4 is 5.32 Å². The first-order valence-corrected chi connectivity index (χ1v) is 6.63. The predicted octanol–water partition coefficient (Wildman–Crippen LogP) is 2.29. The highest BCUT2D eigenvalue weighted by atomic mass is 16.5. The number of methoxy groups -OCH3 is 1. The third-order valence-electron chi connectivity index (χ3n) is 3.03. The van der Waals surface area contributed by atoms with Gasteiger partial charge in [0.2, 0.25) is 5.91 Å². The lowest BCUT2D eigenvalue weighted by molar-refractivity contribution is -0.125. The molecule has 2 rings (SSSR count). The van der Waals surface area contributed by atoms with Crippen LogP contribution in [0, 0.1) is 0 Å². The third-order valence-corrected chi connectivity index (χ3v) is 3.03. The molecule has 0 saturated heterocycles. The van der Waals surface area contributed by atoms with E-state index in [1.54, 1.807) is 6.20 Å². The van der Waals surface area contributed by atoms with E-state index in [2.05, 4.69) is 15.3 Å². The molecule has 1 aromatic carbocycles. The standard InChI is InChI=1S/C15H19N3O2/c1-3-12(17-14(19)10-20-2)15-16-9-13(18-15)11-7-5-4-6-8-11/h4-9,12H,3,10H2,1-2H3,(H,16,18)(H,17,19)/t12-/m1/s1. The Bertz CT molecular complexity index is 551. The van der Waals surface area contributed by atoms with Gasteiger partial charge in [-0.3, -0.25) is 4.79 Å². The molecular weight excluding hydrogens is 254 g/mol. The van der Waals surface area contributed by atoms with E-state index in [0.717, 1.165) is 23.5 Å². The summed E-state index contributed by atoms with van der Waals surface area (Å²) in [5, 5.41) is 2.89. The first kappa shape index (κ1) is 14.3. The van der Waals surface area contributed by atoms with E-state index in [1.807, 2.05) is 37.3 Å². The smallest absolute Gasteiger partial charge is 0.246 e. The van der Waals surface area contributed by atoms with Crippen LogP contribution in [0.5, 0.6) is 0 Å². The van der Waals surface area contributed by atoms with Gasteiger partial charge < -0.3 is 15.0 Å². The van der Waals surface area contributed by atoms with Gasteiger partial charge in [-0.25, -0.2) is 4.98 Å². The minimum Gasteiger partial charge on any atom is -0.375 e. The van der Waals surface area contributed by atoms with Crippen molar-refractivity contribution < 1.29 is 9.53 Å². The molecule has 0 radical (unpaired) electrons. The summed E-state index contributed by atoms with van der Waals surface area (Å²) >= 11 is 0. The van der Waals surface area contributed by atoms with Gasteiger partial charge in [-0.2, -0.15) is 0 Å². The Hall–Kier alpha value is -2.14. The molecule has 0 aliphatic heterocycles. The third kappa shape index (κ3) is 3.45. The van der Waals surface area contributed by atoms with Crippen molar-refractivity contribution >= 4 is 5.91 Å². The predicted molar refractivity (Wildman–Crippen MR) is 77.1 cm³/mol. The van der Waals surface area contributed by atoms with Crippen molar-refractivity contribution in [2.45, 2.75) is 19.4 Å². The number of nitrogens with zero attached hydrogens (tertiary/aromatic N) is 1. The van der Waals surface area contributed by atoms with Crippen molar-refractivity contribution in [3.05, 3.63) is 42.4 Å². The van der Waals surface area contributed by atoms with Crippen molar-refractivity contribution in [1.82, 2.24) is 15.3 Å². The van der Waals surface area contributed by atoms with E-state index in [0.29, 0.717) is 0 Å². The summed E-state index contributed by atoms with van der Waals surface area (Å²) in [6.07, 6.45) is 2.55. The first-order valence-electron chi connectivity index (χ1n) is 6.63. The number of imidazole rings is 1. The summed E-state index contributed by atoms with van der Waals surface area (Å²) in [7, 11) is 1.50. The van der Waals surface area contributed by atoms with Crippen LogP contribution in [0.1, 0.15) is 25.2 Å². The molecule has 0 aliphatic rings. The number of hydrogen-bond donors (Lipinski definition) is 2. The quantitative estimate of drug-likeness (QED) is 0.848. The molecule has 1 aromatic heterocycles. The monoisotopic (exact) mass is 273 g/mol. The topological polar surface area (TPSA) is 67.0 Å². The van der Waals surface area contributed by atoms with Crippen molar-refractivity contribution in [1.29, 1.82) is 0 Å². The van der Waals surface area contributed by atoms with Gasteiger partial charge in [0.25, 0.3) is 0 Å². The average molecular weight is 273 g/mol. The highest BCUT2D eigenvalue weighted by Crippen LogP contribution is 2.20. The number of aromatic amines is 1. The van der Waals surface area contributed by atoms with E-state index < -0.39 is 0 Å². The summed E-state index contributed by atoms with van der Waals surface area (Å²) in [5.74, 6) is 0.618. The summed E-state index contributed by atoms with van der Waals surface area (Å²) < 4.78 is 4.82. The molecule has 0 fully saturated rings. The maximum atomic E-state index is 11.6. The molecule has 0 aliphatic carbocycles. The zero-order valence-electron chi connectivity index (χ0n) is 11.7. The maximum absolute atomic E-state index is 11.6.